The Morgan fingerprint density at radius 3 is 2.67 bits per heavy atom. The summed E-state index contributed by atoms with van der Waals surface area (Å²) in [4.78, 5) is 0. The third-order valence-electron chi connectivity index (χ3n) is 3.13. The number of fused-ring (bicyclic) bond motifs is 1. The number of nitrogens with zero attached hydrogens (tertiary/aromatic N) is 2. The lowest BCUT2D eigenvalue weighted by molar-refractivity contribution is 0.589. The second-order valence-electron chi connectivity index (χ2n) is 4.46. The van der Waals surface area contributed by atoms with Gasteiger partial charge in [-0.2, -0.15) is 5.10 Å². The molecule has 0 saturated heterocycles. The molecular weight excluding hydrogens is 250 g/mol. The van der Waals surface area contributed by atoms with Crippen molar-refractivity contribution in [2.24, 2.45) is 0 Å². The van der Waals surface area contributed by atoms with Crippen LogP contribution in [0, 0.1) is 0 Å². The van der Waals surface area contributed by atoms with Gasteiger partial charge in [0.1, 0.15) is 0 Å². The third kappa shape index (κ3) is 1.88. The van der Waals surface area contributed by atoms with Crippen LogP contribution in [0.5, 0.6) is 0 Å². The van der Waals surface area contributed by atoms with Crippen molar-refractivity contribution in [2.75, 3.05) is 11.5 Å². The van der Waals surface area contributed by atoms with Crippen molar-refractivity contribution in [3.63, 3.8) is 0 Å². The lowest BCUT2D eigenvalue weighted by Gasteiger charge is -2.14. The normalized spacial score (nSPS) is 17.3. The lowest BCUT2D eigenvalue weighted by atomic mass is 10.2. The number of hydrogen-bond donors (Lipinski definition) is 1. The minimum Gasteiger partial charge on any atom is -0.399 e. The van der Waals surface area contributed by atoms with E-state index in [1.165, 1.54) is 0 Å². The van der Waals surface area contributed by atoms with Crippen molar-refractivity contribution in [3.05, 3.63) is 41.7 Å². The van der Waals surface area contributed by atoms with Crippen molar-refractivity contribution in [3.8, 4) is 5.69 Å². The van der Waals surface area contributed by atoms with Gasteiger partial charge in [-0.15, -0.1) is 0 Å². The van der Waals surface area contributed by atoms with Crippen molar-refractivity contribution >= 4 is 15.5 Å². The first-order chi connectivity index (χ1) is 8.55. The van der Waals surface area contributed by atoms with Gasteiger partial charge in [0, 0.05) is 5.69 Å². The Kier molecular flexibility index (Phi) is 2.41. The maximum Gasteiger partial charge on any atom is 0.156 e. The zero-order chi connectivity index (χ0) is 12.8. The highest BCUT2D eigenvalue weighted by molar-refractivity contribution is 7.90. The fourth-order valence-corrected chi connectivity index (χ4v) is 3.55. The highest BCUT2D eigenvalue weighted by atomic mass is 32.2. The Labute approximate surface area is 105 Å². The minimum atomic E-state index is -2.99. The fraction of sp³-hybridized carbons (Fsp3) is 0.250. The van der Waals surface area contributed by atoms with Crippen LogP contribution in [0.2, 0.25) is 0 Å². The first kappa shape index (κ1) is 11.3. The molecule has 18 heavy (non-hydrogen) atoms. The van der Waals surface area contributed by atoms with Gasteiger partial charge in [-0.05, 0) is 36.2 Å². The van der Waals surface area contributed by atoms with Crippen LogP contribution in [0.25, 0.3) is 5.69 Å². The average Bonchev–Trinajstić information content (AvgIpc) is 2.71. The lowest BCUT2D eigenvalue weighted by Crippen LogP contribution is -2.20. The van der Waals surface area contributed by atoms with E-state index in [0.717, 1.165) is 16.9 Å². The number of benzene rings is 1. The van der Waals surface area contributed by atoms with Gasteiger partial charge in [-0.3, -0.25) is 0 Å². The average molecular weight is 263 g/mol. The molecule has 0 amide bonds. The number of sulfone groups is 1. The molecule has 2 N–H and O–H groups in total. The van der Waals surface area contributed by atoms with Gasteiger partial charge in [0.05, 0.1) is 29.1 Å². The Balaban J connectivity index is 2.10. The van der Waals surface area contributed by atoms with E-state index in [-0.39, 0.29) is 11.5 Å². The van der Waals surface area contributed by atoms with E-state index in [4.69, 9.17) is 5.73 Å². The predicted octanol–water partition coefficient (Wildman–Crippen LogP) is 0.925. The van der Waals surface area contributed by atoms with Crippen LogP contribution in [0.1, 0.15) is 11.3 Å². The summed E-state index contributed by atoms with van der Waals surface area (Å²) in [7, 11) is -2.99. The van der Waals surface area contributed by atoms with Crippen molar-refractivity contribution in [1.29, 1.82) is 0 Å². The second kappa shape index (κ2) is 3.84. The quantitative estimate of drug-likeness (QED) is 0.776. The molecule has 6 heteroatoms. The van der Waals surface area contributed by atoms with Crippen LogP contribution < -0.4 is 5.73 Å². The Morgan fingerprint density at radius 1 is 1.22 bits per heavy atom. The molecule has 0 fully saturated rings. The van der Waals surface area contributed by atoms with Crippen molar-refractivity contribution in [1.82, 2.24) is 9.78 Å². The molecule has 5 nitrogen and oxygen atoms in total. The number of rotatable bonds is 1. The number of aromatic nitrogens is 2. The molecule has 94 valence electrons. The molecular formula is C12H13N3O2S. The minimum absolute atomic E-state index is 0.0622. The summed E-state index contributed by atoms with van der Waals surface area (Å²) in [6, 6.07) is 7.23. The Bertz CT molecular complexity index is 687. The summed E-state index contributed by atoms with van der Waals surface area (Å²) in [6.45, 7) is 0. The van der Waals surface area contributed by atoms with E-state index >= 15 is 0 Å². The van der Waals surface area contributed by atoms with Gasteiger partial charge in [-0.1, -0.05) is 0 Å². The first-order valence-corrected chi connectivity index (χ1v) is 7.49. The van der Waals surface area contributed by atoms with E-state index in [9.17, 15) is 8.42 Å². The molecule has 0 atom stereocenters. The summed E-state index contributed by atoms with van der Waals surface area (Å²) < 4.78 is 25.1. The van der Waals surface area contributed by atoms with E-state index < -0.39 is 9.84 Å². The molecule has 1 aliphatic rings. The Morgan fingerprint density at radius 2 is 1.94 bits per heavy atom. The summed E-state index contributed by atoms with van der Waals surface area (Å²) in [5.74, 6) is 0.278. The van der Waals surface area contributed by atoms with Gasteiger partial charge in [0.25, 0.3) is 0 Å². The molecule has 2 aromatic rings. The maximum absolute atomic E-state index is 11.7. The zero-order valence-electron chi connectivity index (χ0n) is 9.70. The molecule has 0 unspecified atom stereocenters. The first-order valence-electron chi connectivity index (χ1n) is 5.67. The molecule has 0 radical (unpaired) electrons. The molecule has 1 aliphatic heterocycles. The molecule has 1 aromatic heterocycles. The van der Waals surface area contributed by atoms with Crippen molar-refractivity contribution in [2.45, 2.75) is 12.2 Å². The summed E-state index contributed by atoms with van der Waals surface area (Å²) in [5.41, 5.74) is 8.93. The molecule has 1 aromatic carbocycles. The van der Waals surface area contributed by atoms with Crippen molar-refractivity contribution < 1.29 is 8.42 Å². The number of anilines is 1. The van der Waals surface area contributed by atoms with Gasteiger partial charge in [0.15, 0.2) is 9.84 Å². The zero-order valence-corrected chi connectivity index (χ0v) is 10.5. The third-order valence-corrected chi connectivity index (χ3v) is 4.67. The SMILES string of the molecule is Nc1ccc(-n2ncc3c2CS(=O)(=O)CC3)cc1. The van der Waals surface area contributed by atoms with E-state index in [0.29, 0.717) is 12.1 Å². The molecule has 0 bridgehead atoms. The van der Waals surface area contributed by atoms with E-state index in [1.807, 2.05) is 12.1 Å². The summed E-state index contributed by atoms with van der Waals surface area (Å²) >= 11 is 0. The highest BCUT2D eigenvalue weighted by Crippen LogP contribution is 2.23. The number of nitrogen functional groups attached to an aromatic ring is 1. The van der Waals surface area contributed by atoms with Crippen LogP contribution >= 0.6 is 0 Å². The van der Waals surface area contributed by atoms with Crippen LogP contribution in [-0.4, -0.2) is 24.0 Å². The molecule has 3 rings (SSSR count). The molecule has 0 spiro atoms. The smallest absolute Gasteiger partial charge is 0.156 e. The maximum atomic E-state index is 11.7. The molecule has 0 saturated carbocycles. The van der Waals surface area contributed by atoms with Crippen LogP contribution in [0.3, 0.4) is 0 Å². The van der Waals surface area contributed by atoms with Gasteiger partial charge in [-0.25, -0.2) is 13.1 Å². The van der Waals surface area contributed by atoms with Crippen LogP contribution in [-0.2, 0) is 22.0 Å². The summed E-state index contributed by atoms with van der Waals surface area (Å²) in [6.07, 6.45) is 2.30. The largest absolute Gasteiger partial charge is 0.399 e. The van der Waals surface area contributed by atoms with E-state index in [1.54, 1.807) is 23.0 Å². The fourth-order valence-electron chi connectivity index (χ4n) is 2.15. The number of aryl methyl sites for hydroxylation is 1. The second-order valence-corrected chi connectivity index (χ2v) is 6.65. The van der Waals surface area contributed by atoms with E-state index in [2.05, 4.69) is 5.10 Å². The van der Waals surface area contributed by atoms with Crippen LogP contribution in [0.15, 0.2) is 30.5 Å². The number of nitrogens with two attached hydrogens (primary N) is 1. The summed E-state index contributed by atoms with van der Waals surface area (Å²) in [5, 5.41) is 4.27. The van der Waals surface area contributed by atoms with Gasteiger partial charge >= 0.3 is 0 Å². The molecule has 0 aliphatic carbocycles. The molecule has 2 heterocycles. The van der Waals surface area contributed by atoms with Gasteiger partial charge < -0.3 is 5.73 Å². The highest BCUT2D eigenvalue weighted by Gasteiger charge is 2.25. The standard InChI is InChI=1S/C12H13N3O2S/c13-10-1-3-11(4-2-10)15-12-8-18(16,17)6-5-9(12)7-14-15/h1-4,7H,5-6,8,13H2. The Hall–Kier alpha value is -1.82. The topological polar surface area (TPSA) is 78.0 Å². The van der Waals surface area contributed by atoms with Gasteiger partial charge in [0.2, 0.25) is 0 Å². The monoisotopic (exact) mass is 263 g/mol. The number of hydrogen-bond acceptors (Lipinski definition) is 4. The van der Waals surface area contributed by atoms with Crippen LogP contribution in [0.4, 0.5) is 5.69 Å². The predicted molar refractivity (Wildman–Crippen MR) is 69.2 cm³/mol.